The van der Waals surface area contributed by atoms with Gasteiger partial charge in [-0.1, -0.05) is 0 Å². The molecule has 0 bridgehead atoms. The zero-order valence-corrected chi connectivity index (χ0v) is 8.35. The molecule has 0 saturated heterocycles. The van der Waals surface area contributed by atoms with Gasteiger partial charge in [0.1, 0.15) is 17.5 Å². The van der Waals surface area contributed by atoms with Crippen LogP contribution in [0.4, 0.5) is 22.0 Å². The number of nitrogens with zero attached hydrogens (tertiary/aromatic N) is 2. The third-order valence-electron chi connectivity index (χ3n) is 1.85. The minimum Gasteiger partial charge on any atom is -0.494 e. The van der Waals surface area contributed by atoms with Gasteiger partial charge in [0.15, 0.2) is 5.69 Å². The number of pyridine rings is 1. The second-order valence-electron chi connectivity index (χ2n) is 2.89. The van der Waals surface area contributed by atoms with E-state index in [4.69, 9.17) is 5.26 Å². The van der Waals surface area contributed by atoms with E-state index in [1.165, 1.54) is 6.07 Å². The zero-order valence-electron chi connectivity index (χ0n) is 8.35. The molecule has 92 valence electrons. The Morgan fingerprint density at radius 1 is 1.41 bits per heavy atom. The Morgan fingerprint density at radius 3 is 2.35 bits per heavy atom. The molecule has 1 heterocycles. The lowest BCUT2D eigenvalue weighted by Gasteiger charge is -2.13. The number of ether oxygens (including phenoxy) is 1. The number of hydrogen-bond acceptors (Lipinski definition) is 3. The van der Waals surface area contributed by atoms with Gasteiger partial charge in [0, 0.05) is 0 Å². The van der Waals surface area contributed by atoms with Crippen LogP contribution in [0.2, 0.25) is 0 Å². The fraction of sp³-hybridized carbons (Fsp3) is 0.333. The molecule has 0 radical (unpaired) electrons. The van der Waals surface area contributed by atoms with E-state index in [0.29, 0.717) is 6.07 Å². The third-order valence-corrected chi connectivity index (χ3v) is 1.85. The molecule has 0 N–H and O–H groups in total. The van der Waals surface area contributed by atoms with E-state index in [2.05, 4.69) is 9.72 Å². The van der Waals surface area contributed by atoms with Crippen LogP contribution in [0.5, 0.6) is 5.75 Å². The molecule has 0 amide bonds. The van der Waals surface area contributed by atoms with Crippen LogP contribution < -0.4 is 4.74 Å². The normalized spacial score (nSPS) is 11.4. The molecule has 0 aromatic carbocycles. The molecule has 1 aromatic heterocycles. The van der Waals surface area contributed by atoms with Crippen molar-refractivity contribution in [2.24, 2.45) is 0 Å². The lowest BCUT2D eigenvalue weighted by atomic mass is 10.1. The highest BCUT2D eigenvalue weighted by Gasteiger charge is 2.38. The Labute approximate surface area is 92.4 Å². The molecule has 0 aliphatic rings. The Kier molecular flexibility index (Phi) is 3.50. The van der Waals surface area contributed by atoms with Crippen molar-refractivity contribution in [2.75, 3.05) is 7.11 Å². The topological polar surface area (TPSA) is 45.9 Å². The molecule has 0 atom stereocenters. The predicted molar refractivity (Wildman–Crippen MR) is 45.5 cm³/mol. The monoisotopic (exact) mass is 252 g/mol. The molecule has 3 nitrogen and oxygen atoms in total. The molecule has 0 fully saturated rings. The van der Waals surface area contributed by atoms with Gasteiger partial charge >= 0.3 is 6.18 Å². The molecule has 1 aromatic rings. The maximum absolute atomic E-state index is 12.4. The SMILES string of the molecule is COc1cc(C(F)F)c(C#N)nc1C(F)(F)F. The highest BCUT2D eigenvalue weighted by atomic mass is 19.4. The summed E-state index contributed by atoms with van der Waals surface area (Å²) in [6.07, 6.45) is -7.98. The molecule has 0 aliphatic heterocycles. The van der Waals surface area contributed by atoms with Gasteiger partial charge in [0.25, 0.3) is 6.43 Å². The first kappa shape index (κ1) is 13.2. The van der Waals surface area contributed by atoms with Gasteiger partial charge in [-0.05, 0) is 6.07 Å². The zero-order chi connectivity index (χ0) is 13.2. The van der Waals surface area contributed by atoms with Gasteiger partial charge in [-0.15, -0.1) is 0 Å². The number of halogens is 5. The fourth-order valence-corrected chi connectivity index (χ4v) is 1.12. The molecule has 0 saturated carbocycles. The maximum atomic E-state index is 12.4. The van der Waals surface area contributed by atoms with E-state index in [9.17, 15) is 22.0 Å². The van der Waals surface area contributed by atoms with Crippen LogP contribution in [-0.4, -0.2) is 12.1 Å². The summed E-state index contributed by atoms with van der Waals surface area (Å²) in [5, 5.41) is 8.47. The standard InChI is InChI=1S/C9H5F5N2O/c1-17-6-2-4(8(10)11)5(3-15)16-7(6)9(12,13)14/h2,8H,1H3. The van der Waals surface area contributed by atoms with Crippen molar-refractivity contribution in [3.8, 4) is 11.8 Å². The van der Waals surface area contributed by atoms with Crippen LogP contribution >= 0.6 is 0 Å². The summed E-state index contributed by atoms with van der Waals surface area (Å²) in [5.41, 5.74) is -3.36. The van der Waals surface area contributed by atoms with E-state index >= 15 is 0 Å². The largest absolute Gasteiger partial charge is 0.494 e. The van der Waals surface area contributed by atoms with Gasteiger partial charge in [-0.2, -0.15) is 18.4 Å². The van der Waals surface area contributed by atoms with Gasteiger partial charge in [-0.3, -0.25) is 0 Å². The third kappa shape index (κ3) is 2.61. The lowest BCUT2D eigenvalue weighted by molar-refractivity contribution is -0.142. The van der Waals surface area contributed by atoms with Crippen LogP contribution in [0, 0.1) is 11.3 Å². The molecular weight excluding hydrogens is 247 g/mol. The van der Waals surface area contributed by atoms with Crippen LogP contribution in [0.25, 0.3) is 0 Å². The van der Waals surface area contributed by atoms with E-state index in [-0.39, 0.29) is 0 Å². The second-order valence-corrected chi connectivity index (χ2v) is 2.89. The van der Waals surface area contributed by atoms with Crippen molar-refractivity contribution in [2.45, 2.75) is 12.6 Å². The van der Waals surface area contributed by atoms with Crippen LogP contribution in [-0.2, 0) is 6.18 Å². The minimum absolute atomic E-state index is 0.471. The summed E-state index contributed by atoms with van der Waals surface area (Å²) in [7, 11) is 0.896. The number of nitriles is 1. The summed E-state index contributed by atoms with van der Waals surface area (Å²) < 4.78 is 66.5. The van der Waals surface area contributed by atoms with Crippen molar-refractivity contribution in [3.63, 3.8) is 0 Å². The molecule has 0 unspecified atom stereocenters. The summed E-state index contributed by atoms with van der Waals surface area (Å²) in [5.74, 6) is -0.841. The molecule has 0 spiro atoms. The molecule has 0 aliphatic carbocycles. The van der Waals surface area contributed by atoms with Crippen molar-refractivity contribution in [1.29, 1.82) is 5.26 Å². The van der Waals surface area contributed by atoms with E-state index < -0.39 is 35.3 Å². The van der Waals surface area contributed by atoms with Gasteiger partial charge in [0.2, 0.25) is 0 Å². The molecule has 17 heavy (non-hydrogen) atoms. The Balaban J connectivity index is 3.51. The first-order chi connectivity index (χ1) is 7.81. The van der Waals surface area contributed by atoms with E-state index in [1.54, 1.807) is 0 Å². The average Bonchev–Trinajstić information content (AvgIpc) is 2.25. The number of hydrogen-bond donors (Lipinski definition) is 0. The Bertz CT molecular complexity index is 464. The highest BCUT2D eigenvalue weighted by Crippen LogP contribution is 2.37. The minimum atomic E-state index is -4.88. The smallest absolute Gasteiger partial charge is 0.437 e. The number of rotatable bonds is 2. The van der Waals surface area contributed by atoms with Crippen molar-refractivity contribution in [1.82, 2.24) is 4.98 Å². The molecule has 8 heteroatoms. The average molecular weight is 252 g/mol. The maximum Gasteiger partial charge on any atom is 0.437 e. The lowest BCUT2D eigenvalue weighted by Crippen LogP contribution is -2.13. The first-order valence-corrected chi connectivity index (χ1v) is 4.15. The fourth-order valence-electron chi connectivity index (χ4n) is 1.12. The van der Waals surface area contributed by atoms with Crippen molar-refractivity contribution < 1.29 is 26.7 Å². The highest BCUT2D eigenvalue weighted by molar-refractivity contribution is 5.42. The second kappa shape index (κ2) is 4.53. The summed E-state index contributed by atoms with van der Waals surface area (Å²) in [4.78, 5) is 2.86. The Hall–Kier alpha value is -1.91. The van der Waals surface area contributed by atoms with Gasteiger partial charge < -0.3 is 4.74 Å². The van der Waals surface area contributed by atoms with Crippen LogP contribution in [0.1, 0.15) is 23.4 Å². The van der Waals surface area contributed by atoms with Crippen molar-refractivity contribution in [3.05, 3.63) is 23.0 Å². The van der Waals surface area contributed by atoms with Gasteiger partial charge in [-0.25, -0.2) is 13.8 Å². The summed E-state index contributed by atoms with van der Waals surface area (Å²) >= 11 is 0. The number of alkyl halides is 5. The molecule has 1 rings (SSSR count). The Morgan fingerprint density at radius 2 is 2.00 bits per heavy atom. The van der Waals surface area contributed by atoms with E-state index in [1.807, 2.05) is 0 Å². The van der Waals surface area contributed by atoms with Crippen molar-refractivity contribution >= 4 is 0 Å². The summed E-state index contributed by atoms with van der Waals surface area (Å²) in [6, 6.07) is 1.67. The first-order valence-electron chi connectivity index (χ1n) is 4.15. The summed E-state index contributed by atoms with van der Waals surface area (Å²) in [6.45, 7) is 0. The molecular formula is C9H5F5N2O. The predicted octanol–water partition coefficient (Wildman–Crippen LogP) is 2.92. The van der Waals surface area contributed by atoms with Gasteiger partial charge in [0.05, 0.1) is 12.7 Å². The van der Waals surface area contributed by atoms with E-state index in [0.717, 1.165) is 7.11 Å². The number of methoxy groups -OCH3 is 1. The quantitative estimate of drug-likeness (QED) is 0.760. The van der Waals surface area contributed by atoms with Crippen LogP contribution in [0.3, 0.4) is 0 Å². The number of aromatic nitrogens is 1. The van der Waals surface area contributed by atoms with Crippen LogP contribution in [0.15, 0.2) is 6.07 Å².